The number of rotatable bonds is 6. The Morgan fingerprint density at radius 1 is 1.20 bits per heavy atom. The van der Waals surface area contributed by atoms with Gasteiger partial charge in [0, 0.05) is 19.2 Å². The number of ether oxygens (including phenoxy) is 2. The Labute approximate surface area is 174 Å². The lowest BCUT2D eigenvalue weighted by Crippen LogP contribution is -2.45. The van der Waals surface area contributed by atoms with E-state index >= 15 is 0 Å². The molecule has 3 rings (SSSR count). The van der Waals surface area contributed by atoms with Gasteiger partial charge in [0.15, 0.2) is 0 Å². The van der Waals surface area contributed by atoms with Gasteiger partial charge in [0.2, 0.25) is 0 Å². The Hall–Kier alpha value is -2.85. The lowest BCUT2D eigenvalue weighted by molar-refractivity contribution is -0.00539. The van der Waals surface area contributed by atoms with Gasteiger partial charge in [0.25, 0.3) is 10.0 Å². The maximum Gasteiger partial charge on any atom is 0.335 e. The van der Waals surface area contributed by atoms with Crippen LogP contribution in [0.3, 0.4) is 0 Å². The summed E-state index contributed by atoms with van der Waals surface area (Å²) in [6.45, 7) is 4.85. The van der Waals surface area contributed by atoms with Crippen molar-refractivity contribution in [2.75, 3.05) is 29.8 Å². The first-order chi connectivity index (χ1) is 14.1. The highest BCUT2D eigenvalue weighted by molar-refractivity contribution is 7.92. The molecule has 1 aliphatic heterocycles. The van der Waals surface area contributed by atoms with E-state index in [1.54, 1.807) is 0 Å². The normalized spacial score (nSPS) is 19.4. The topological polar surface area (TPSA) is 105 Å². The molecule has 2 aromatic rings. The molecule has 1 saturated heterocycles. The van der Waals surface area contributed by atoms with Crippen LogP contribution in [0.4, 0.5) is 15.8 Å². The molecule has 8 nitrogen and oxygen atoms in total. The summed E-state index contributed by atoms with van der Waals surface area (Å²) in [5.74, 6) is -1.89. The first kappa shape index (κ1) is 21.8. The number of carbonyl (C=O) groups is 1. The van der Waals surface area contributed by atoms with Crippen molar-refractivity contribution in [2.24, 2.45) is 0 Å². The van der Waals surface area contributed by atoms with E-state index in [9.17, 15) is 17.6 Å². The average Bonchev–Trinajstić information content (AvgIpc) is 2.66. The number of hydrogen-bond donors (Lipinski definition) is 2. The highest BCUT2D eigenvalue weighted by atomic mass is 32.2. The minimum Gasteiger partial charge on any atom is -0.495 e. The fourth-order valence-electron chi connectivity index (χ4n) is 3.43. The smallest absolute Gasteiger partial charge is 0.335 e. The Bertz CT molecular complexity index is 1050. The number of halogens is 1. The highest BCUT2D eigenvalue weighted by Crippen LogP contribution is 2.30. The van der Waals surface area contributed by atoms with Crippen LogP contribution in [-0.2, 0) is 14.8 Å². The van der Waals surface area contributed by atoms with E-state index in [4.69, 9.17) is 14.6 Å². The van der Waals surface area contributed by atoms with Crippen molar-refractivity contribution in [3.63, 3.8) is 0 Å². The molecule has 0 aliphatic carbocycles. The first-order valence-corrected chi connectivity index (χ1v) is 10.7. The molecule has 1 fully saturated rings. The lowest BCUT2D eigenvalue weighted by atomic mass is 10.2. The van der Waals surface area contributed by atoms with Crippen LogP contribution in [-0.4, -0.2) is 51.9 Å². The zero-order valence-corrected chi connectivity index (χ0v) is 17.6. The highest BCUT2D eigenvalue weighted by Gasteiger charge is 2.26. The van der Waals surface area contributed by atoms with Gasteiger partial charge in [0.1, 0.15) is 16.5 Å². The van der Waals surface area contributed by atoms with Crippen molar-refractivity contribution in [1.82, 2.24) is 0 Å². The van der Waals surface area contributed by atoms with Crippen molar-refractivity contribution >= 4 is 27.4 Å². The summed E-state index contributed by atoms with van der Waals surface area (Å²) in [5.41, 5.74) is 0.145. The van der Waals surface area contributed by atoms with Gasteiger partial charge >= 0.3 is 5.97 Å². The third kappa shape index (κ3) is 4.65. The Morgan fingerprint density at radius 3 is 2.43 bits per heavy atom. The van der Waals surface area contributed by atoms with Crippen molar-refractivity contribution in [3.05, 3.63) is 47.8 Å². The summed E-state index contributed by atoms with van der Waals surface area (Å²) in [5, 5.41) is 9.14. The molecule has 1 aliphatic rings. The first-order valence-electron chi connectivity index (χ1n) is 9.25. The number of morpholine rings is 1. The molecule has 2 N–H and O–H groups in total. The zero-order valence-electron chi connectivity index (χ0n) is 16.8. The number of methoxy groups -OCH3 is 1. The Kier molecular flexibility index (Phi) is 6.18. The van der Waals surface area contributed by atoms with E-state index in [0.717, 1.165) is 12.1 Å². The molecule has 10 heteroatoms. The molecule has 162 valence electrons. The van der Waals surface area contributed by atoms with Crippen LogP contribution >= 0.6 is 0 Å². The molecular weight excluding hydrogens is 415 g/mol. The van der Waals surface area contributed by atoms with Gasteiger partial charge in [-0.3, -0.25) is 4.72 Å². The number of carboxylic acids is 1. The van der Waals surface area contributed by atoms with E-state index in [0.29, 0.717) is 18.8 Å². The van der Waals surface area contributed by atoms with E-state index in [1.807, 2.05) is 18.7 Å². The minimum absolute atomic E-state index is 0.00777. The maximum absolute atomic E-state index is 14.8. The molecular formula is C20H23FN2O6S. The predicted molar refractivity (Wildman–Crippen MR) is 109 cm³/mol. The van der Waals surface area contributed by atoms with E-state index in [2.05, 4.69) is 4.72 Å². The fourth-order valence-corrected chi connectivity index (χ4v) is 4.68. The summed E-state index contributed by atoms with van der Waals surface area (Å²) in [4.78, 5) is 12.7. The number of nitrogens with zero attached hydrogens (tertiary/aromatic N) is 1. The van der Waals surface area contributed by atoms with Gasteiger partial charge in [-0.25, -0.2) is 17.6 Å². The van der Waals surface area contributed by atoms with Gasteiger partial charge in [-0.05, 0) is 44.2 Å². The standard InChI is InChI=1S/C20H23FN2O6S/c1-12-10-23(11-13(2)29-12)17-6-5-15(9-16(17)21)22-30(26,27)19-8-14(20(24)25)4-7-18(19)28-3/h4-9,12-13,22H,10-11H2,1-3H3,(H,24,25). The SMILES string of the molecule is COc1ccc(C(=O)O)cc1S(=O)(=O)Nc1ccc(N2CC(C)OC(C)C2)c(F)c1. The average molecular weight is 438 g/mol. The lowest BCUT2D eigenvalue weighted by Gasteiger charge is -2.37. The van der Waals surface area contributed by atoms with Gasteiger partial charge in [-0.1, -0.05) is 0 Å². The molecule has 0 spiro atoms. The van der Waals surface area contributed by atoms with E-state index < -0.39 is 21.8 Å². The number of nitrogens with one attached hydrogen (secondary N) is 1. The third-order valence-electron chi connectivity index (χ3n) is 4.66. The van der Waals surface area contributed by atoms with Gasteiger partial charge in [0.05, 0.1) is 36.3 Å². The van der Waals surface area contributed by atoms with E-state index in [1.165, 1.54) is 31.4 Å². The predicted octanol–water partition coefficient (Wildman–Crippen LogP) is 2.95. The van der Waals surface area contributed by atoms with Crippen LogP contribution in [0.5, 0.6) is 5.75 Å². The van der Waals surface area contributed by atoms with Gasteiger partial charge in [-0.2, -0.15) is 0 Å². The van der Waals surface area contributed by atoms with Crippen molar-refractivity contribution in [1.29, 1.82) is 0 Å². The fraction of sp³-hybridized carbons (Fsp3) is 0.350. The molecule has 0 saturated carbocycles. The zero-order chi connectivity index (χ0) is 22.1. The Morgan fingerprint density at radius 2 is 1.87 bits per heavy atom. The summed E-state index contributed by atoms with van der Waals surface area (Å²) >= 11 is 0. The van der Waals surface area contributed by atoms with Crippen LogP contribution in [0.15, 0.2) is 41.3 Å². The van der Waals surface area contributed by atoms with Crippen LogP contribution in [0.1, 0.15) is 24.2 Å². The molecule has 0 aromatic heterocycles. The second kappa shape index (κ2) is 8.49. The van der Waals surface area contributed by atoms with Crippen LogP contribution in [0.25, 0.3) is 0 Å². The number of aromatic carboxylic acids is 1. The summed E-state index contributed by atoms with van der Waals surface area (Å²) in [6, 6.07) is 7.52. The van der Waals surface area contributed by atoms with Crippen LogP contribution in [0, 0.1) is 5.82 Å². The molecule has 2 aromatic carbocycles. The Balaban J connectivity index is 1.88. The second-order valence-corrected chi connectivity index (χ2v) is 8.76. The number of hydrogen-bond acceptors (Lipinski definition) is 6. The van der Waals surface area contributed by atoms with Crippen molar-refractivity contribution in [3.8, 4) is 5.75 Å². The molecule has 0 amide bonds. The summed E-state index contributed by atoms with van der Waals surface area (Å²) in [7, 11) is -2.95. The van der Waals surface area contributed by atoms with Gasteiger partial charge < -0.3 is 19.5 Å². The molecule has 1 heterocycles. The second-order valence-electron chi connectivity index (χ2n) is 7.10. The number of benzene rings is 2. The van der Waals surface area contributed by atoms with Crippen LogP contribution < -0.4 is 14.4 Å². The third-order valence-corrected chi connectivity index (χ3v) is 6.06. The molecule has 2 unspecified atom stereocenters. The van der Waals surface area contributed by atoms with E-state index in [-0.39, 0.29) is 34.1 Å². The molecule has 0 radical (unpaired) electrons. The van der Waals surface area contributed by atoms with Gasteiger partial charge in [-0.15, -0.1) is 0 Å². The quantitative estimate of drug-likeness (QED) is 0.714. The monoisotopic (exact) mass is 438 g/mol. The number of sulfonamides is 1. The van der Waals surface area contributed by atoms with Crippen molar-refractivity contribution < 1.29 is 32.2 Å². The summed E-state index contributed by atoms with van der Waals surface area (Å²) < 4.78 is 53.4. The maximum atomic E-state index is 14.8. The molecule has 2 atom stereocenters. The summed E-state index contributed by atoms with van der Waals surface area (Å²) in [6.07, 6.45) is -0.111. The molecule has 0 bridgehead atoms. The molecule has 30 heavy (non-hydrogen) atoms. The number of anilines is 2. The largest absolute Gasteiger partial charge is 0.495 e. The minimum atomic E-state index is -4.22. The van der Waals surface area contributed by atoms with Crippen LogP contribution in [0.2, 0.25) is 0 Å². The number of carboxylic acid groups (broad SMARTS) is 1. The van der Waals surface area contributed by atoms with Crippen molar-refractivity contribution in [2.45, 2.75) is 31.0 Å².